The molecule has 1 fully saturated rings. The van der Waals surface area contributed by atoms with Gasteiger partial charge in [0.05, 0.1) is 0 Å². The first-order valence-electron chi connectivity index (χ1n) is 6.41. The second-order valence-corrected chi connectivity index (χ2v) is 8.70. The topological polar surface area (TPSA) is 37.3 Å². The molecule has 0 bridgehead atoms. The van der Waals surface area contributed by atoms with E-state index in [1.54, 1.807) is 0 Å². The molecular formula is C15H19BrO2S. The van der Waals surface area contributed by atoms with Crippen LogP contribution in [-0.2, 0) is 4.79 Å². The van der Waals surface area contributed by atoms with E-state index in [-0.39, 0.29) is 5.41 Å². The smallest absolute Gasteiger partial charge is 0.320 e. The van der Waals surface area contributed by atoms with Crippen molar-refractivity contribution in [1.82, 2.24) is 0 Å². The van der Waals surface area contributed by atoms with E-state index in [4.69, 9.17) is 0 Å². The zero-order valence-corrected chi connectivity index (χ0v) is 13.8. The average Bonchev–Trinajstić information content (AvgIpc) is 2.23. The fourth-order valence-corrected chi connectivity index (χ4v) is 4.02. The molecule has 2 rings (SSSR count). The number of carbonyl (C=O) groups is 1. The number of aliphatic carboxylic acids is 1. The van der Waals surface area contributed by atoms with Crippen LogP contribution in [-0.4, -0.2) is 15.8 Å². The minimum atomic E-state index is -0.680. The van der Waals surface area contributed by atoms with Gasteiger partial charge in [-0.3, -0.25) is 4.79 Å². The van der Waals surface area contributed by atoms with Crippen molar-refractivity contribution in [3.05, 3.63) is 28.7 Å². The highest BCUT2D eigenvalue weighted by atomic mass is 79.9. The van der Waals surface area contributed by atoms with Crippen molar-refractivity contribution in [3.63, 3.8) is 0 Å². The van der Waals surface area contributed by atoms with Crippen LogP contribution in [0.4, 0.5) is 0 Å². The molecule has 1 aliphatic carbocycles. The van der Waals surface area contributed by atoms with Gasteiger partial charge in [0, 0.05) is 9.37 Å². The molecule has 1 saturated carbocycles. The molecule has 0 aliphatic heterocycles. The molecule has 0 unspecified atom stereocenters. The van der Waals surface area contributed by atoms with Crippen molar-refractivity contribution < 1.29 is 9.90 Å². The maximum atomic E-state index is 11.6. The largest absolute Gasteiger partial charge is 0.480 e. The Balaban J connectivity index is 2.11. The summed E-state index contributed by atoms with van der Waals surface area (Å²) in [6, 6.07) is 7.86. The minimum Gasteiger partial charge on any atom is -0.480 e. The van der Waals surface area contributed by atoms with Crippen molar-refractivity contribution in [2.24, 2.45) is 11.3 Å². The Labute approximate surface area is 127 Å². The van der Waals surface area contributed by atoms with E-state index in [2.05, 4.69) is 36.7 Å². The summed E-state index contributed by atoms with van der Waals surface area (Å²) >= 11 is 4.89. The van der Waals surface area contributed by atoms with E-state index >= 15 is 0 Å². The Hall–Kier alpha value is -0.480. The Kier molecular flexibility index (Phi) is 4.03. The molecule has 0 amide bonds. The third-order valence-corrected chi connectivity index (χ3v) is 5.83. The Morgan fingerprint density at radius 2 is 1.84 bits per heavy atom. The average molecular weight is 343 g/mol. The third kappa shape index (κ3) is 3.16. The number of benzene rings is 1. The van der Waals surface area contributed by atoms with Gasteiger partial charge in [0.15, 0.2) is 0 Å². The van der Waals surface area contributed by atoms with Gasteiger partial charge in [-0.15, -0.1) is 11.8 Å². The van der Waals surface area contributed by atoms with Gasteiger partial charge in [-0.2, -0.15) is 0 Å². The Morgan fingerprint density at radius 3 is 2.26 bits per heavy atom. The van der Waals surface area contributed by atoms with Crippen molar-refractivity contribution in [1.29, 1.82) is 0 Å². The molecule has 0 aromatic heterocycles. The first-order chi connectivity index (χ1) is 8.73. The SMILES string of the molecule is CC(C)(C)C1CC(Sc2ccc(Br)cc2)(C(=O)O)C1. The van der Waals surface area contributed by atoms with Crippen LogP contribution in [0.2, 0.25) is 0 Å². The number of carboxylic acids is 1. The van der Waals surface area contributed by atoms with Gasteiger partial charge in [0.2, 0.25) is 0 Å². The van der Waals surface area contributed by atoms with E-state index in [0.717, 1.165) is 22.2 Å². The van der Waals surface area contributed by atoms with Crippen molar-refractivity contribution in [3.8, 4) is 0 Å². The van der Waals surface area contributed by atoms with Crippen LogP contribution in [0.5, 0.6) is 0 Å². The van der Waals surface area contributed by atoms with E-state index in [9.17, 15) is 9.90 Å². The zero-order valence-electron chi connectivity index (χ0n) is 11.4. The molecule has 4 heteroatoms. The molecule has 0 heterocycles. The second-order valence-electron chi connectivity index (χ2n) is 6.33. The number of rotatable bonds is 3. The highest BCUT2D eigenvalue weighted by molar-refractivity contribution is 9.10. The van der Waals surface area contributed by atoms with Crippen molar-refractivity contribution in [2.75, 3.05) is 0 Å². The van der Waals surface area contributed by atoms with Gasteiger partial charge < -0.3 is 5.11 Å². The first-order valence-corrected chi connectivity index (χ1v) is 8.02. The summed E-state index contributed by atoms with van der Waals surface area (Å²) in [5.74, 6) is -0.188. The number of carboxylic acid groups (broad SMARTS) is 1. The number of thioether (sulfide) groups is 1. The summed E-state index contributed by atoms with van der Waals surface area (Å²) < 4.78 is 0.383. The lowest BCUT2D eigenvalue weighted by Crippen LogP contribution is -2.51. The van der Waals surface area contributed by atoms with E-state index < -0.39 is 10.7 Å². The molecule has 1 N–H and O–H groups in total. The van der Waals surface area contributed by atoms with Crippen LogP contribution >= 0.6 is 27.7 Å². The summed E-state index contributed by atoms with van der Waals surface area (Å²) in [7, 11) is 0. The van der Waals surface area contributed by atoms with E-state index in [1.807, 2.05) is 24.3 Å². The van der Waals surface area contributed by atoms with E-state index in [1.165, 1.54) is 11.8 Å². The van der Waals surface area contributed by atoms with Crippen molar-refractivity contribution in [2.45, 2.75) is 43.3 Å². The van der Waals surface area contributed by atoms with Crippen LogP contribution in [0.3, 0.4) is 0 Å². The molecule has 1 aliphatic rings. The molecule has 1 aromatic carbocycles. The van der Waals surface area contributed by atoms with Crippen LogP contribution in [0.15, 0.2) is 33.6 Å². The molecule has 1 aromatic rings. The summed E-state index contributed by atoms with van der Waals surface area (Å²) in [4.78, 5) is 12.6. The molecule has 0 atom stereocenters. The van der Waals surface area contributed by atoms with Gasteiger partial charge in [-0.05, 0) is 48.4 Å². The minimum absolute atomic E-state index is 0.194. The van der Waals surface area contributed by atoms with Crippen LogP contribution in [0.25, 0.3) is 0 Å². The normalized spacial score (nSPS) is 26.8. The lowest BCUT2D eigenvalue weighted by molar-refractivity contribution is -0.145. The lowest BCUT2D eigenvalue weighted by Gasteiger charge is -2.49. The van der Waals surface area contributed by atoms with E-state index in [0.29, 0.717) is 5.92 Å². The maximum absolute atomic E-state index is 11.6. The highest BCUT2D eigenvalue weighted by Gasteiger charge is 2.54. The fourth-order valence-electron chi connectivity index (χ4n) is 2.38. The zero-order chi connectivity index (χ0) is 14.3. The second kappa shape index (κ2) is 5.13. The first kappa shape index (κ1) is 14.9. The number of hydrogen-bond acceptors (Lipinski definition) is 2. The highest BCUT2D eigenvalue weighted by Crippen LogP contribution is 2.56. The summed E-state index contributed by atoms with van der Waals surface area (Å²) in [6.45, 7) is 6.56. The molecule has 0 spiro atoms. The van der Waals surface area contributed by atoms with Gasteiger partial charge in [-0.25, -0.2) is 0 Å². The molecule has 0 saturated heterocycles. The summed E-state index contributed by atoms with van der Waals surface area (Å²) in [5, 5.41) is 9.55. The summed E-state index contributed by atoms with van der Waals surface area (Å²) in [5.41, 5.74) is 0.194. The van der Waals surface area contributed by atoms with Crippen LogP contribution in [0.1, 0.15) is 33.6 Å². The molecule has 19 heavy (non-hydrogen) atoms. The molecule has 0 radical (unpaired) electrons. The molecular weight excluding hydrogens is 324 g/mol. The van der Waals surface area contributed by atoms with Gasteiger partial charge in [0.1, 0.15) is 4.75 Å². The maximum Gasteiger partial charge on any atom is 0.320 e. The predicted octanol–water partition coefficient (Wildman–Crippen LogP) is 4.82. The number of halogens is 1. The quantitative estimate of drug-likeness (QED) is 0.855. The van der Waals surface area contributed by atoms with Gasteiger partial charge in [0.25, 0.3) is 0 Å². The van der Waals surface area contributed by atoms with Crippen LogP contribution < -0.4 is 0 Å². The monoisotopic (exact) mass is 342 g/mol. The number of hydrogen-bond donors (Lipinski definition) is 1. The Morgan fingerprint density at radius 1 is 1.32 bits per heavy atom. The van der Waals surface area contributed by atoms with Gasteiger partial charge >= 0.3 is 5.97 Å². The van der Waals surface area contributed by atoms with Crippen molar-refractivity contribution >= 4 is 33.7 Å². The summed E-state index contributed by atoms with van der Waals surface area (Å²) in [6.07, 6.45) is 1.51. The third-order valence-electron chi connectivity index (χ3n) is 3.89. The van der Waals surface area contributed by atoms with Crippen LogP contribution in [0, 0.1) is 11.3 Å². The predicted molar refractivity (Wildman–Crippen MR) is 82.5 cm³/mol. The standard InChI is InChI=1S/C15H19BrO2S/c1-14(2,3)10-8-15(9-10,13(17)18)19-12-6-4-11(16)5-7-12/h4-7,10H,8-9H2,1-3H3,(H,17,18). The molecule has 2 nitrogen and oxygen atoms in total. The Bertz CT molecular complexity index is 470. The fraction of sp³-hybridized carbons (Fsp3) is 0.533. The lowest BCUT2D eigenvalue weighted by atomic mass is 9.62. The molecule has 104 valence electrons. The van der Waals surface area contributed by atoms with Gasteiger partial charge in [-0.1, -0.05) is 36.7 Å².